The van der Waals surface area contributed by atoms with Crippen LogP contribution in [0.2, 0.25) is 0 Å². The molecule has 0 aliphatic carbocycles. The fourth-order valence-corrected chi connectivity index (χ4v) is 4.47. The molecule has 2 aromatic rings. The first-order chi connectivity index (χ1) is 16.5. The second kappa shape index (κ2) is 15.9. The molecule has 34 heavy (non-hydrogen) atoms. The summed E-state index contributed by atoms with van der Waals surface area (Å²) >= 11 is 9.26. The fourth-order valence-electron chi connectivity index (χ4n) is 3.97. The molecule has 0 aliphatic rings. The van der Waals surface area contributed by atoms with Crippen LogP contribution in [0.1, 0.15) is 90.9 Å². The van der Waals surface area contributed by atoms with E-state index in [1.165, 1.54) is 32.1 Å². The molecule has 0 aromatic heterocycles. The van der Waals surface area contributed by atoms with Gasteiger partial charge in [0, 0.05) is 45.1 Å². The quantitative estimate of drug-likeness (QED) is 0.146. The Labute approximate surface area is 216 Å². The van der Waals surface area contributed by atoms with Gasteiger partial charge in [-0.05, 0) is 31.0 Å². The predicted molar refractivity (Wildman–Crippen MR) is 150 cm³/mol. The summed E-state index contributed by atoms with van der Waals surface area (Å²) in [4.78, 5) is 26.7. The van der Waals surface area contributed by atoms with E-state index in [-0.39, 0.29) is 11.8 Å². The Balaban J connectivity index is 2.16. The van der Waals surface area contributed by atoms with E-state index in [2.05, 4.69) is 37.1 Å². The molecular formula is C28H40N2O2S2. The number of unbranched alkanes of at least 4 members (excludes halogenated alkanes) is 8. The van der Waals surface area contributed by atoms with Crippen LogP contribution in [0.3, 0.4) is 0 Å². The molecule has 4 nitrogen and oxygen atoms in total. The van der Waals surface area contributed by atoms with Gasteiger partial charge in [-0.25, -0.2) is 0 Å². The number of thiol groups is 2. The molecule has 0 aliphatic heterocycles. The van der Waals surface area contributed by atoms with Crippen LogP contribution in [0.25, 0.3) is 11.1 Å². The summed E-state index contributed by atoms with van der Waals surface area (Å²) in [6.45, 7) is 4.37. The lowest BCUT2D eigenvalue weighted by Crippen LogP contribution is -2.14. The third-order valence-corrected chi connectivity index (χ3v) is 6.93. The van der Waals surface area contributed by atoms with Crippen molar-refractivity contribution in [3.05, 3.63) is 36.4 Å². The third kappa shape index (κ3) is 9.38. The van der Waals surface area contributed by atoms with Crippen LogP contribution in [-0.4, -0.2) is 11.8 Å². The van der Waals surface area contributed by atoms with Gasteiger partial charge in [-0.1, -0.05) is 83.4 Å². The number of hydrogen-bond donors (Lipinski definition) is 4. The van der Waals surface area contributed by atoms with Gasteiger partial charge in [-0.2, -0.15) is 0 Å². The Morgan fingerprint density at radius 1 is 0.676 bits per heavy atom. The predicted octanol–water partition coefficient (Wildman–Crippen LogP) is 8.53. The average Bonchev–Trinajstić information content (AvgIpc) is 2.82. The molecule has 2 amide bonds. The standard InChI is InChI=1S/C28H40N2O2S2/c1-3-5-7-9-11-17-25(31)29-22-16-14-13-15-21(22)27-23(19-20-24(33)28(27)34)30-26(32)18-12-10-8-6-4-2/h13-16,19-20,33-34H,3-12,17-18H2,1-2H3,(H,29,31)(H,30,32). The zero-order chi connectivity index (χ0) is 24.8. The highest BCUT2D eigenvalue weighted by Gasteiger charge is 2.17. The van der Waals surface area contributed by atoms with E-state index in [4.69, 9.17) is 12.6 Å². The van der Waals surface area contributed by atoms with Gasteiger partial charge in [0.2, 0.25) is 11.8 Å². The number of para-hydroxylation sites is 1. The van der Waals surface area contributed by atoms with E-state index in [0.717, 1.165) is 43.2 Å². The monoisotopic (exact) mass is 500 g/mol. The molecule has 2 N–H and O–H groups in total. The molecule has 0 spiro atoms. The first-order valence-electron chi connectivity index (χ1n) is 12.7. The summed E-state index contributed by atoms with van der Waals surface area (Å²) in [5, 5.41) is 6.14. The highest BCUT2D eigenvalue weighted by molar-refractivity contribution is 7.83. The SMILES string of the molecule is CCCCCCCC(=O)Nc1ccccc1-c1c(NC(=O)CCCCCCC)ccc(S)c1S. The van der Waals surface area contributed by atoms with Crippen LogP contribution >= 0.6 is 25.3 Å². The summed E-state index contributed by atoms with van der Waals surface area (Å²) in [5.41, 5.74) is 2.99. The van der Waals surface area contributed by atoms with Crippen molar-refractivity contribution >= 4 is 48.4 Å². The number of benzene rings is 2. The molecule has 2 aromatic carbocycles. The van der Waals surface area contributed by atoms with Crippen molar-refractivity contribution in [2.75, 3.05) is 10.6 Å². The van der Waals surface area contributed by atoms with Crippen molar-refractivity contribution in [3.63, 3.8) is 0 Å². The van der Waals surface area contributed by atoms with Crippen molar-refractivity contribution in [3.8, 4) is 11.1 Å². The van der Waals surface area contributed by atoms with E-state index in [1.54, 1.807) is 0 Å². The van der Waals surface area contributed by atoms with Crippen molar-refractivity contribution < 1.29 is 9.59 Å². The minimum atomic E-state index is -0.00834. The molecule has 0 fully saturated rings. The Bertz CT molecular complexity index is 931. The van der Waals surface area contributed by atoms with Gasteiger partial charge in [0.15, 0.2) is 0 Å². The van der Waals surface area contributed by atoms with Gasteiger partial charge in [-0.15, -0.1) is 25.3 Å². The molecule has 0 heterocycles. The highest BCUT2D eigenvalue weighted by Crippen LogP contribution is 2.41. The summed E-state index contributed by atoms with van der Waals surface area (Å²) in [7, 11) is 0. The minimum Gasteiger partial charge on any atom is -0.326 e. The van der Waals surface area contributed by atoms with Crippen molar-refractivity contribution in [1.82, 2.24) is 0 Å². The number of anilines is 2. The largest absolute Gasteiger partial charge is 0.326 e. The normalized spacial score (nSPS) is 10.8. The summed E-state index contributed by atoms with van der Waals surface area (Å²) in [6, 6.07) is 11.4. The smallest absolute Gasteiger partial charge is 0.224 e. The topological polar surface area (TPSA) is 58.2 Å². The number of carbonyl (C=O) groups is 2. The summed E-state index contributed by atoms with van der Waals surface area (Å²) in [5.74, 6) is -0.00431. The van der Waals surface area contributed by atoms with Crippen LogP contribution in [-0.2, 0) is 9.59 Å². The number of nitrogens with one attached hydrogen (secondary N) is 2. The molecule has 2 rings (SSSR count). The maximum absolute atomic E-state index is 12.7. The maximum atomic E-state index is 12.7. The van der Waals surface area contributed by atoms with Gasteiger partial charge in [0.25, 0.3) is 0 Å². The first kappa shape index (κ1) is 28.3. The molecule has 0 atom stereocenters. The maximum Gasteiger partial charge on any atom is 0.224 e. The number of amides is 2. The van der Waals surface area contributed by atoms with E-state index in [9.17, 15) is 9.59 Å². The lowest BCUT2D eigenvalue weighted by molar-refractivity contribution is -0.117. The number of rotatable bonds is 15. The Kier molecular flexibility index (Phi) is 13.2. The van der Waals surface area contributed by atoms with E-state index < -0.39 is 0 Å². The van der Waals surface area contributed by atoms with Crippen LogP contribution < -0.4 is 10.6 Å². The summed E-state index contributed by atoms with van der Waals surface area (Å²) in [6.07, 6.45) is 12.0. The Morgan fingerprint density at radius 3 is 1.79 bits per heavy atom. The fraction of sp³-hybridized carbons (Fsp3) is 0.500. The lowest BCUT2D eigenvalue weighted by Gasteiger charge is -2.18. The van der Waals surface area contributed by atoms with Gasteiger partial charge < -0.3 is 10.6 Å². The average molecular weight is 501 g/mol. The Morgan fingerprint density at radius 2 is 1.21 bits per heavy atom. The van der Waals surface area contributed by atoms with E-state index >= 15 is 0 Å². The van der Waals surface area contributed by atoms with Gasteiger partial charge >= 0.3 is 0 Å². The van der Waals surface area contributed by atoms with Crippen LogP contribution in [0, 0.1) is 0 Å². The zero-order valence-corrected chi connectivity index (χ0v) is 22.4. The molecule has 186 valence electrons. The molecular weight excluding hydrogens is 460 g/mol. The molecule has 0 unspecified atom stereocenters. The lowest BCUT2D eigenvalue weighted by atomic mass is 10.0. The van der Waals surface area contributed by atoms with Crippen LogP contribution in [0.4, 0.5) is 11.4 Å². The first-order valence-corrected chi connectivity index (χ1v) is 13.6. The molecule has 6 heteroatoms. The Hall–Kier alpha value is -1.92. The minimum absolute atomic E-state index is 0.00403. The molecule has 0 saturated carbocycles. The molecule has 0 saturated heterocycles. The summed E-state index contributed by atoms with van der Waals surface area (Å²) < 4.78 is 0. The highest BCUT2D eigenvalue weighted by atomic mass is 32.1. The van der Waals surface area contributed by atoms with Crippen molar-refractivity contribution in [2.24, 2.45) is 0 Å². The van der Waals surface area contributed by atoms with Crippen molar-refractivity contribution in [1.29, 1.82) is 0 Å². The van der Waals surface area contributed by atoms with E-state index in [0.29, 0.717) is 34.0 Å². The molecule has 0 radical (unpaired) electrons. The molecule has 0 bridgehead atoms. The number of hydrogen-bond acceptors (Lipinski definition) is 4. The van der Waals surface area contributed by atoms with Crippen molar-refractivity contribution in [2.45, 2.75) is 101 Å². The van der Waals surface area contributed by atoms with Gasteiger partial charge in [0.05, 0.1) is 0 Å². The zero-order valence-electron chi connectivity index (χ0n) is 20.7. The second-order valence-corrected chi connectivity index (χ2v) is 9.76. The van der Waals surface area contributed by atoms with Crippen LogP contribution in [0.15, 0.2) is 46.2 Å². The van der Waals surface area contributed by atoms with Crippen LogP contribution in [0.5, 0.6) is 0 Å². The van der Waals surface area contributed by atoms with E-state index in [1.807, 2.05) is 36.4 Å². The van der Waals surface area contributed by atoms with Gasteiger partial charge in [0.1, 0.15) is 0 Å². The number of carbonyl (C=O) groups excluding carboxylic acids is 2. The van der Waals surface area contributed by atoms with Gasteiger partial charge in [-0.3, -0.25) is 9.59 Å². The third-order valence-electron chi connectivity index (χ3n) is 5.92. The second-order valence-electron chi connectivity index (χ2n) is 8.83.